The van der Waals surface area contributed by atoms with Gasteiger partial charge >= 0.3 is 11.7 Å². The van der Waals surface area contributed by atoms with Crippen molar-refractivity contribution in [3.05, 3.63) is 55.9 Å². The SMILES string of the molecule is COC(=O)CCn1c(=O)n(CCN2CCN(c3ccccc3OC)CC2)c(=O)c2cscc21. The van der Waals surface area contributed by atoms with E-state index < -0.39 is 5.97 Å². The lowest BCUT2D eigenvalue weighted by molar-refractivity contribution is -0.140. The molecule has 0 aliphatic carbocycles. The number of anilines is 1. The number of hydrogen-bond acceptors (Lipinski definition) is 8. The Labute approximate surface area is 195 Å². The van der Waals surface area contributed by atoms with Crippen LogP contribution < -0.4 is 20.9 Å². The van der Waals surface area contributed by atoms with Gasteiger partial charge in [-0.15, -0.1) is 11.3 Å². The fraction of sp³-hybridized carbons (Fsp3) is 0.435. The number of carbonyl (C=O) groups is 1. The van der Waals surface area contributed by atoms with Crippen molar-refractivity contribution in [2.24, 2.45) is 0 Å². The maximum atomic E-state index is 13.1. The van der Waals surface area contributed by atoms with E-state index in [0.717, 1.165) is 37.6 Å². The van der Waals surface area contributed by atoms with Gasteiger partial charge < -0.3 is 14.4 Å². The van der Waals surface area contributed by atoms with E-state index in [2.05, 4.69) is 15.9 Å². The maximum Gasteiger partial charge on any atom is 0.331 e. The van der Waals surface area contributed by atoms with E-state index in [-0.39, 0.29) is 24.2 Å². The number of aryl methyl sites for hydroxylation is 1. The van der Waals surface area contributed by atoms with Crippen LogP contribution in [-0.2, 0) is 22.6 Å². The molecule has 176 valence electrons. The highest BCUT2D eigenvalue weighted by Gasteiger charge is 2.21. The van der Waals surface area contributed by atoms with Gasteiger partial charge in [0, 0.05) is 56.6 Å². The molecule has 2 aromatic heterocycles. The quantitative estimate of drug-likeness (QED) is 0.461. The number of para-hydroxylation sites is 2. The predicted molar refractivity (Wildman–Crippen MR) is 129 cm³/mol. The van der Waals surface area contributed by atoms with E-state index >= 15 is 0 Å². The van der Waals surface area contributed by atoms with Crippen molar-refractivity contribution >= 4 is 33.9 Å². The average Bonchev–Trinajstić information content (AvgIpc) is 3.34. The van der Waals surface area contributed by atoms with Crippen molar-refractivity contribution < 1.29 is 14.3 Å². The number of piperazine rings is 1. The molecule has 1 aliphatic rings. The van der Waals surface area contributed by atoms with E-state index in [0.29, 0.717) is 24.0 Å². The number of nitrogens with zero attached hydrogens (tertiary/aromatic N) is 4. The molecule has 3 heterocycles. The van der Waals surface area contributed by atoms with Gasteiger partial charge in [-0.25, -0.2) is 4.79 Å². The molecule has 10 heteroatoms. The van der Waals surface area contributed by atoms with Crippen LogP contribution in [0.15, 0.2) is 44.6 Å². The monoisotopic (exact) mass is 472 g/mol. The first kappa shape index (κ1) is 23.1. The van der Waals surface area contributed by atoms with Gasteiger partial charge in [-0.3, -0.25) is 23.6 Å². The Kier molecular flexibility index (Phi) is 7.14. The average molecular weight is 473 g/mol. The van der Waals surface area contributed by atoms with Crippen molar-refractivity contribution in [3.8, 4) is 5.75 Å². The Morgan fingerprint density at radius 3 is 2.45 bits per heavy atom. The summed E-state index contributed by atoms with van der Waals surface area (Å²) in [5.41, 5.74) is 0.980. The lowest BCUT2D eigenvalue weighted by Gasteiger charge is -2.36. The van der Waals surface area contributed by atoms with Gasteiger partial charge in [0.15, 0.2) is 0 Å². The fourth-order valence-corrected chi connectivity index (χ4v) is 5.01. The summed E-state index contributed by atoms with van der Waals surface area (Å²) in [6.45, 7) is 4.40. The van der Waals surface area contributed by atoms with E-state index in [9.17, 15) is 14.4 Å². The molecule has 1 saturated heterocycles. The van der Waals surface area contributed by atoms with Crippen molar-refractivity contribution in [1.82, 2.24) is 14.0 Å². The molecule has 0 radical (unpaired) electrons. The predicted octanol–water partition coefficient (Wildman–Crippen LogP) is 1.62. The molecule has 33 heavy (non-hydrogen) atoms. The summed E-state index contributed by atoms with van der Waals surface area (Å²) in [6, 6.07) is 7.97. The summed E-state index contributed by atoms with van der Waals surface area (Å²) in [7, 11) is 2.99. The van der Waals surface area contributed by atoms with Crippen LogP contribution in [0.4, 0.5) is 5.69 Å². The van der Waals surface area contributed by atoms with Crippen LogP contribution in [0.2, 0.25) is 0 Å². The Morgan fingerprint density at radius 1 is 0.970 bits per heavy atom. The van der Waals surface area contributed by atoms with Crippen LogP contribution in [0.25, 0.3) is 10.9 Å². The van der Waals surface area contributed by atoms with Crippen LogP contribution >= 0.6 is 11.3 Å². The molecule has 9 nitrogen and oxygen atoms in total. The summed E-state index contributed by atoms with van der Waals surface area (Å²) >= 11 is 1.37. The van der Waals surface area contributed by atoms with Crippen LogP contribution in [0.3, 0.4) is 0 Å². The number of aromatic nitrogens is 2. The molecule has 0 N–H and O–H groups in total. The summed E-state index contributed by atoms with van der Waals surface area (Å²) in [5, 5.41) is 4.04. The molecule has 0 bridgehead atoms. The van der Waals surface area contributed by atoms with Crippen molar-refractivity contribution in [1.29, 1.82) is 0 Å². The summed E-state index contributed by atoms with van der Waals surface area (Å²) < 4.78 is 13.0. The van der Waals surface area contributed by atoms with Gasteiger partial charge in [0.1, 0.15) is 5.75 Å². The minimum atomic E-state index is -0.393. The first-order valence-corrected chi connectivity index (χ1v) is 11.8. The summed E-state index contributed by atoms with van der Waals surface area (Å²) in [5.74, 6) is 0.463. The van der Waals surface area contributed by atoms with E-state index in [1.54, 1.807) is 17.9 Å². The zero-order chi connectivity index (χ0) is 23.4. The molecule has 0 unspecified atom stereocenters. The van der Waals surface area contributed by atoms with Crippen LogP contribution in [0.1, 0.15) is 6.42 Å². The Hall–Kier alpha value is -3.11. The first-order valence-electron chi connectivity index (χ1n) is 10.9. The highest BCUT2D eigenvalue weighted by atomic mass is 32.1. The van der Waals surface area contributed by atoms with Gasteiger partial charge in [-0.1, -0.05) is 12.1 Å². The minimum absolute atomic E-state index is 0.0739. The molecule has 0 atom stereocenters. The van der Waals surface area contributed by atoms with Crippen molar-refractivity contribution in [2.75, 3.05) is 51.8 Å². The van der Waals surface area contributed by atoms with Gasteiger partial charge in [0.2, 0.25) is 0 Å². The smallest absolute Gasteiger partial charge is 0.331 e. The minimum Gasteiger partial charge on any atom is -0.495 e. The Morgan fingerprint density at radius 2 is 1.73 bits per heavy atom. The van der Waals surface area contributed by atoms with E-state index in [1.807, 2.05) is 18.2 Å². The first-order chi connectivity index (χ1) is 16.0. The third-order valence-corrected chi connectivity index (χ3v) is 6.81. The molecule has 0 saturated carbocycles. The normalized spacial score (nSPS) is 14.5. The van der Waals surface area contributed by atoms with E-state index in [4.69, 9.17) is 9.47 Å². The zero-order valence-corrected chi connectivity index (χ0v) is 19.7. The standard InChI is InChI=1S/C23H28N4O5S/c1-31-20-6-4-3-5-18(20)25-12-9-24(10-13-25)11-14-27-22(29)17-15-33-16-19(17)26(23(27)30)8-7-21(28)32-2/h3-6,15-16H,7-14H2,1-2H3. The second-order valence-corrected chi connectivity index (χ2v) is 8.63. The topological polar surface area (TPSA) is 86.0 Å². The van der Waals surface area contributed by atoms with Crippen molar-refractivity contribution in [3.63, 3.8) is 0 Å². The summed E-state index contributed by atoms with van der Waals surface area (Å²) in [4.78, 5) is 42.2. The summed E-state index contributed by atoms with van der Waals surface area (Å²) in [6.07, 6.45) is 0.0739. The molecule has 3 aromatic rings. The van der Waals surface area contributed by atoms with Crippen molar-refractivity contribution in [2.45, 2.75) is 19.5 Å². The van der Waals surface area contributed by atoms with Gasteiger partial charge in [-0.05, 0) is 12.1 Å². The lowest BCUT2D eigenvalue weighted by atomic mass is 10.2. The third kappa shape index (κ3) is 4.81. The highest BCUT2D eigenvalue weighted by molar-refractivity contribution is 7.09. The molecule has 0 amide bonds. The lowest BCUT2D eigenvalue weighted by Crippen LogP contribution is -2.49. The number of ether oxygens (including phenoxy) is 2. The number of fused-ring (bicyclic) bond motifs is 1. The number of rotatable bonds is 8. The molecular formula is C23H28N4O5S. The number of hydrogen-bond donors (Lipinski definition) is 0. The van der Waals surface area contributed by atoms with E-state index in [1.165, 1.54) is 27.6 Å². The number of thiophene rings is 1. The second-order valence-electron chi connectivity index (χ2n) is 7.89. The second kappa shape index (κ2) is 10.2. The molecule has 1 aromatic carbocycles. The highest BCUT2D eigenvalue weighted by Crippen LogP contribution is 2.28. The largest absolute Gasteiger partial charge is 0.495 e. The zero-order valence-electron chi connectivity index (χ0n) is 18.9. The van der Waals surface area contributed by atoms with Gasteiger partial charge in [0.05, 0.1) is 37.2 Å². The molecule has 1 fully saturated rings. The number of benzene rings is 1. The Balaban J connectivity index is 1.46. The maximum absolute atomic E-state index is 13.1. The van der Waals surface area contributed by atoms with Gasteiger partial charge in [-0.2, -0.15) is 0 Å². The van der Waals surface area contributed by atoms with Crippen LogP contribution in [0, 0.1) is 0 Å². The molecule has 1 aliphatic heterocycles. The van der Waals surface area contributed by atoms with Gasteiger partial charge in [0.25, 0.3) is 5.56 Å². The Bertz CT molecular complexity index is 1240. The number of carbonyl (C=O) groups excluding carboxylic acids is 1. The fourth-order valence-electron chi connectivity index (χ4n) is 4.20. The molecule has 0 spiro atoms. The molecule has 4 rings (SSSR count). The third-order valence-electron chi connectivity index (χ3n) is 6.07. The number of esters is 1. The number of methoxy groups -OCH3 is 2. The molecular weight excluding hydrogens is 444 g/mol. The van der Waals surface area contributed by atoms with Crippen LogP contribution in [-0.4, -0.2) is 66.9 Å². The van der Waals surface area contributed by atoms with Crippen LogP contribution in [0.5, 0.6) is 5.75 Å².